The Morgan fingerprint density at radius 2 is 2.24 bits per heavy atom. The van der Waals surface area contributed by atoms with Gasteiger partial charge in [-0.3, -0.25) is 0 Å². The van der Waals surface area contributed by atoms with Gasteiger partial charge < -0.3 is 15.2 Å². The van der Waals surface area contributed by atoms with Crippen molar-refractivity contribution in [3.8, 4) is 17.6 Å². The Labute approximate surface area is 107 Å². The SMILES string of the molecule is CC#CCNCC(O)COc1ccccc1Cl. The average molecular weight is 254 g/mol. The molecule has 0 heterocycles. The van der Waals surface area contributed by atoms with E-state index >= 15 is 0 Å². The van der Waals surface area contributed by atoms with E-state index in [-0.39, 0.29) is 6.61 Å². The topological polar surface area (TPSA) is 41.5 Å². The standard InChI is InChI=1S/C13H16ClNO2/c1-2-3-8-15-9-11(16)10-17-13-7-5-4-6-12(13)14/h4-7,11,15-16H,8-10H2,1H3. The second kappa shape index (κ2) is 7.97. The first-order valence-corrected chi connectivity index (χ1v) is 5.77. The molecule has 0 amide bonds. The van der Waals surface area contributed by atoms with E-state index in [1.165, 1.54) is 0 Å². The van der Waals surface area contributed by atoms with Crippen molar-refractivity contribution in [2.24, 2.45) is 0 Å². The van der Waals surface area contributed by atoms with Crippen LogP contribution in [-0.2, 0) is 0 Å². The molecule has 17 heavy (non-hydrogen) atoms. The largest absolute Gasteiger partial charge is 0.489 e. The Morgan fingerprint density at radius 1 is 1.47 bits per heavy atom. The summed E-state index contributed by atoms with van der Waals surface area (Å²) in [6.07, 6.45) is -0.579. The van der Waals surface area contributed by atoms with Gasteiger partial charge in [-0.1, -0.05) is 29.7 Å². The molecule has 0 saturated carbocycles. The van der Waals surface area contributed by atoms with Crippen LogP contribution in [0.4, 0.5) is 0 Å². The van der Waals surface area contributed by atoms with Crippen molar-refractivity contribution >= 4 is 11.6 Å². The Morgan fingerprint density at radius 3 is 2.94 bits per heavy atom. The van der Waals surface area contributed by atoms with Gasteiger partial charge in [-0.2, -0.15) is 0 Å². The zero-order chi connectivity index (χ0) is 12.5. The van der Waals surface area contributed by atoms with Crippen molar-refractivity contribution in [2.45, 2.75) is 13.0 Å². The van der Waals surface area contributed by atoms with Crippen molar-refractivity contribution in [1.82, 2.24) is 5.32 Å². The maximum atomic E-state index is 9.62. The number of rotatable bonds is 6. The molecule has 0 saturated heterocycles. The number of para-hydroxylation sites is 1. The molecule has 0 radical (unpaired) electrons. The van der Waals surface area contributed by atoms with Gasteiger partial charge >= 0.3 is 0 Å². The summed E-state index contributed by atoms with van der Waals surface area (Å²) in [6.45, 7) is 2.99. The van der Waals surface area contributed by atoms with E-state index < -0.39 is 6.10 Å². The van der Waals surface area contributed by atoms with Crippen LogP contribution in [-0.4, -0.2) is 30.9 Å². The zero-order valence-electron chi connectivity index (χ0n) is 9.74. The Bertz CT molecular complexity index is 398. The van der Waals surface area contributed by atoms with E-state index in [0.29, 0.717) is 23.9 Å². The third-order valence-corrected chi connectivity index (χ3v) is 2.35. The van der Waals surface area contributed by atoms with E-state index in [1.54, 1.807) is 19.1 Å². The van der Waals surface area contributed by atoms with E-state index in [4.69, 9.17) is 16.3 Å². The summed E-state index contributed by atoms with van der Waals surface area (Å²) >= 11 is 5.91. The van der Waals surface area contributed by atoms with Crippen LogP contribution in [0.5, 0.6) is 5.75 Å². The summed E-state index contributed by atoms with van der Waals surface area (Å²) in [4.78, 5) is 0. The maximum absolute atomic E-state index is 9.62. The molecule has 0 aliphatic heterocycles. The highest BCUT2D eigenvalue weighted by Crippen LogP contribution is 2.22. The number of halogens is 1. The minimum absolute atomic E-state index is 0.205. The summed E-state index contributed by atoms with van der Waals surface area (Å²) in [5.74, 6) is 6.20. The highest BCUT2D eigenvalue weighted by atomic mass is 35.5. The smallest absolute Gasteiger partial charge is 0.138 e. The van der Waals surface area contributed by atoms with Crippen molar-refractivity contribution < 1.29 is 9.84 Å². The van der Waals surface area contributed by atoms with Crippen LogP contribution in [0, 0.1) is 11.8 Å². The lowest BCUT2D eigenvalue weighted by molar-refractivity contribution is 0.107. The van der Waals surface area contributed by atoms with Gasteiger partial charge in [0, 0.05) is 6.54 Å². The minimum Gasteiger partial charge on any atom is -0.489 e. The van der Waals surface area contributed by atoms with Gasteiger partial charge in [-0.05, 0) is 19.1 Å². The summed E-state index contributed by atoms with van der Waals surface area (Å²) in [7, 11) is 0. The Kier molecular flexibility index (Phi) is 6.49. The number of benzene rings is 1. The lowest BCUT2D eigenvalue weighted by Gasteiger charge is -2.13. The lowest BCUT2D eigenvalue weighted by atomic mass is 10.3. The van der Waals surface area contributed by atoms with Crippen LogP contribution in [0.2, 0.25) is 5.02 Å². The second-order valence-corrected chi connectivity index (χ2v) is 3.86. The van der Waals surface area contributed by atoms with Gasteiger partial charge in [0.15, 0.2) is 0 Å². The number of aliphatic hydroxyl groups is 1. The molecule has 0 aliphatic rings. The van der Waals surface area contributed by atoms with E-state index in [9.17, 15) is 5.11 Å². The first kappa shape index (κ1) is 13.9. The van der Waals surface area contributed by atoms with E-state index in [1.807, 2.05) is 12.1 Å². The van der Waals surface area contributed by atoms with Crippen molar-refractivity contribution in [1.29, 1.82) is 0 Å². The zero-order valence-corrected chi connectivity index (χ0v) is 10.5. The second-order valence-electron chi connectivity index (χ2n) is 3.45. The minimum atomic E-state index is -0.579. The van der Waals surface area contributed by atoms with Crippen LogP contribution in [0.15, 0.2) is 24.3 Å². The molecule has 0 aromatic heterocycles. The van der Waals surface area contributed by atoms with Gasteiger partial charge in [0.05, 0.1) is 11.6 Å². The quantitative estimate of drug-likeness (QED) is 0.599. The lowest BCUT2D eigenvalue weighted by Crippen LogP contribution is -2.31. The van der Waals surface area contributed by atoms with Gasteiger partial charge in [-0.15, -0.1) is 5.92 Å². The van der Waals surface area contributed by atoms with Crippen molar-refractivity contribution in [3.05, 3.63) is 29.3 Å². The van der Waals surface area contributed by atoms with Crippen LogP contribution < -0.4 is 10.1 Å². The molecule has 0 spiro atoms. The first-order valence-electron chi connectivity index (χ1n) is 5.39. The third-order valence-electron chi connectivity index (χ3n) is 2.04. The molecular weight excluding hydrogens is 238 g/mol. The molecule has 2 N–H and O–H groups in total. The number of aliphatic hydroxyl groups excluding tert-OH is 1. The fourth-order valence-corrected chi connectivity index (χ4v) is 1.39. The Balaban J connectivity index is 2.25. The molecule has 0 fully saturated rings. The molecule has 3 nitrogen and oxygen atoms in total. The summed E-state index contributed by atoms with van der Waals surface area (Å²) in [5.41, 5.74) is 0. The number of ether oxygens (including phenoxy) is 1. The molecule has 1 atom stereocenters. The molecule has 4 heteroatoms. The highest BCUT2D eigenvalue weighted by molar-refractivity contribution is 6.32. The molecule has 1 rings (SSSR count). The van der Waals surface area contributed by atoms with E-state index in [2.05, 4.69) is 17.2 Å². The molecule has 0 aliphatic carbocycles. The fourth-order valence-electron chi connectivity index (χ4n) is 1.20. The van der Waals surface area contributed by atoms with Crippen molar-refractivity contribution in [2.75, 3.05) is 19.7 Å². The van der Waals surface area contributed by atoms with Crippen molar-refractivity contribution in [3.63, 3.8) is 0 Å². The molecule has 92 valence electrons. The van der Waals surface area contributed by atoms with Gasteiger partial charge in [0.2, 0.25) is 0 Å². The molecule has 1 aromatic rings. The summed E-state index contributed by atoms with van der Waals surface area (Å²) < 4.78 is 5.40. The number of hydrogen-bond donors (Lipinski definition) is 2. The maximum Gasteiger partial charge on any atom is 0.138 e. The highest BCUT2D eigenvalue weighted by Gasteiger charge is 2.06. The fraction of sp³-hybridized carbons (Fsp3) is 0.385. The predicted molar refractivity (Wildman–Crippen MR) is 69.3 cm³/mol. The van der Waals surface area contributed by atoms with Crippen LogP contribution in [0.3, 0.4) is 0 Å². The number of nitrogens with one attached hydrogen (secondary N) is 1. The summed E-state index contributed by atoms with van der Waals surface area (Å²) in [6, 6.07) is 7.18. The third kappa shape index (κ3) is 5.60. The van der Waals surface area contributed by atoms with Gasteiger partial charge in [-0.25, -0.2) is 0 Å². The molecular formula is C13H16ClNO2. The first-order chi connectivity index (χ1) is 8.24. The van der Waals surface area contributed by atoms with Gasteiger partial charge in [0.25, 0.3) is 0 Å². The van der Waals surface area contributed by atoms with Crippen LogP contribution >= 0.6 is 11.6 Å². The monoisotopic (exact) mass is 253 g/mol. The molecule has 1 aromatic carbocycles. The average Bonchev–Trinajstić information content (AvgIpc) is 2.34. The van der Waals surface area contributed by atoms with Crippen LogP contribution in [0.1, 0.15) is 6.92 Å². The van der Waals surface area contributed by atoms with Crippen LogP contribution in [0.25, 0.3) is 0 Å². The number of hydrogen-bond acceptors (Lipinski definition) is 3. The normalized spacial score (nSPS) is 11.5. The summed E-state index contributed by atoms with van der Waals surface area (Å²) in [5, 5.41) is 13.2. The van der Waals surface area contributed by atoms with Gasteiger partial charge in [0.1, 0.15) is 18.5 Å². The van der Waals surface area contributed by atoms with E-state index in [0.717, 1.165) is 0 Å². The molecule has 1 unspecified atom stereocenters. The Hall–Kier alpha value is -1.21. The predicted octanol–water partition coefficient (Wildman–Crippen LogP) is 1.69. The molecule has 0 bridgehead atoms.